The van der Waals surface area contributed by atoms with Crippen LogP contribution < -0.4 is 0 Å². The number of sulfone groups is 1. The smallest absolute Gasteiger partial charge is 0.199 e. The first-order chi connectivity index (χ1) is 9.86. The highest BCUT2D eigenvalue weighted by Crippen LogP contribution is 2.35. The Morgan fingerprint density at radius 3 is 2.24 bits per heavy atom. The van der Waals surface area contributed by atoms with Crippen LogP contribution in [0.2, 0.25) is 0 Å². The van der Waals surface area contributed by atoms with E-state index < -0.39 is 15.3 Å². The van der Waals surface area contributed by atoms with Crippen LogP contribution in [0, 0.1) is 5.41 Å². The van der Waals surface area contributed by atoms with E-state index in [4.69, 9.17) is 0 Å². The van der Waals surface area contributed by atoms with Gasteiger partial charge in [-0.05, 0) is 31.9 Å². The third-order valence-corrected chi connectivity index (χ3v) is 5.45. The van der Waals surface area contributed by atoms with Gasteiger partial charge in [-0.25, -0.2) is 8.42 Å². The van der Waals surface area contributed by atoms with Crippen LogP contribution in [0.1, 0.15) is 32.6 Å². The summed E-state index contributed by atoms with van der Waals surface area (Å²) < 4.78 is 24.0. The molecule has 0 unspecified atom stereocenters. The average Bonchev–Trinajstić information content (AvgIpc) is 2.73. The van der Waals surface area contributed by atoms with E-state index in [-0.39, 0.29) is 16.5 Å². The van der Waals surface area contributed by atoms with E-state index in [1.165, 1.54) is 18.2 Å². The summed E-state index contributed by atoms with van der Waals surface area (Å²) in [4.78, 5) is 23.7. The number of ketones is 2. The van der Waals surface area contributed by atoms with Crippen LogP contribution in [0.3, 0.4) is 0 Å². The van der Waals surface area contributed by atoms with Gasteiger partial charge in [-0.3, -0.25) is 9.59 Å². The molecule has 112 valence electrons. The maximum absolute atomic E-state index is 12.0. The lowest BCUT2D eigenvalue weighted by atomic mass is 9.82. The third kappa shape index (κ3) is 3.29. The Bertz CT molecular complexity index is 655. The van der Waals surface area contributed by atoms with Gasteiger partial charge in [0.25, 0.3) is 0 Å². The first kappa shape index (κ1) is 15.6. The molecule has 4 nitrogen and oxygen atoms in total. The van der Waals surface area contributed by atoms with Crippen molar-refractivity contribution in [2.24, 2.45) is 5.41 Å². The van der Waals surface area contributed by atoms with Gasteiger partial charge in [0.05, 0.1) is 10.3 Å². The Labute approximate surface area is 124 Å². The van der Waals surface area contributed by atoms with Crippen LogP contribution >= 0.6 is 0 Å². The summed E-state index contributed by atoms with van der Waals surface area (Å²) in [5.74, 6) is -0.0707. The summed E-state index contributed by atoms with van der Waals surface area (Å²) in [5.41, 5.74) is -0.930. The average molecular weight is 306 g/mol. The van der Waals surface area contributed by atoms with Crippen molar-refractivity contribution in [1.82, 2.24) is 0 Å². The van der Waals surface area contributed by atoms with E-state index >= 15 is 0 Å². The molecule has 1 aliphatic carbocycles. The first-order valence-corrected chi connectivity index (χ1v) is 8.44. The summed E-state index contributed by atoms with van der Waals surface area (Å²) in [6, 6.07) is 8.14. The minimum atomic E-state index is -3.45. The lowest BCUT2D eigenvalue weighted by molar-refractivity contribution is -0.134. The highest BCUT2D eigenvalue weighted by molar-refractivity contribution is 7.94. The number of hydrogen-bond donors (Lipinski definition) is 0. The molecule has 0 N–H and O–H groups in total. The van der Waals surface area contributed by atoms with E-state index in [1.807, 2.05) is 0 Å². The zero-order valence-corrected chi connectivity index (χ0v) is 12.7. The van der Waals surface area contributed by atoms with Gasteiger partial charge in [0, 0.05) is 18.2 Å². The highest BCUT2D eigenvalue weighted by atomic mass is 32.2. The number of benzene rings is 1. The molecule has 0 radical (unpaired) electrons. The Kier molecular flexibility index (Phi) is 4.42. The van der Waals surface area contributed by atoms with Crippen LogP contribution in [0.5, 0.6) is 0 Å². The number of carbonyl (C=O) groups excluding carboxylic acids is 2. The fourth-order valence-electron chi connectivity index (χ4n) is 2.47. The minimum Gasteiger partial charge on any atom is -0.299 e. The fraction of sp³-hybridized carbons (Fsp3) is 0.375. The lowest BCUT2D eigenvalue weighted by Gasteiger charge is -2.18. The van der Waals surface area contributed by atoms with Crippen molar-refractivity contribution in [3.8, 4) is 0 Å². The number of hydrogen-bond acceptors (Lipinski definition) is 4. The van der Waals surface area contributed by atoms with Gasteiger partial charge in [0.1, 0.15) is 11.6 Å². The van der Waals surface area contributed by atoms with Crippen molar-refractivity contribution in [3.05, 3.63) is 41.8 Å². The monoisotopic (exact) mass is 306 g/mol. The second-order valence-corrected chi connectivity index (χ2v) is 7.28. The van der Waals surface area contributed by atoms with Crippen LogP contribution in [0.15, 0.2) is 46.7 Å². The third-order valence-electron chi connectivity index (χ3n) is 3.97. The molecular weight excluding hydrogens is 288 g/mol. The Morgan fingerprint density at radius 1 is 1.10 bits per heavy atom. The molecule has 0 atom stereocenters. The molecule has 1 saturated carbocycles. The topological polar surface area (TPSA) is 68.3 Å². The summed E-state index contributed by atoms with van der Waals surface area (Å²) in [6.45, 7) is 1.66. The lowest BCUT2D eigenvalue weighted by Crippen LogP contribution is -2.28. The standard InChI is InChI=1S/C16H18O4S/c1-16(14(17)9-10-15(16)18)11-5-6-12-21(19,20)13-7-3-2-4-8-13/h2-4,6-8,12H,5,9-11H2,1H3/b12-6+. The Morgan fingerprint density at radius 2 is 1.67 bits per heavy atom. The number of carbonyl (C=O) groups is 2. The SMILES string of the molecule is CC1(CC/C=C/S(=O)(=O)c2ccccc2)C(=O)CCC1=O. The van der Waals surface area contributed by atoms with Crippen LogP contribution in [-0.2, 0) is 19.4 Å². The van der Waals surface area contributed by atoms with Crippen molar-refractivity contribution < 1.29 is 18.0 Å². The molecule has 21 heavy (non-hydrogen) atoms. The summed E-state index contributed by atoms with van der Waals surface area (Å²) in [7, 11) is -3.45. The maximum Gasteiger partial charge on any atom is 0.199 e. The van der Waals surface area contributed by atoms with Crippen LogP contribution in [0.25, 0.3) is 0 Å². The van der Waals surface area contributed by atoms with E-state index in [2.05, 4.69) is 0 Å². The number of allylic oxidation sites excluding steroid dienone is 1. The maximum atomic E-state index is 12.0. The fourth-order valence-corrected chi connectivity index (χ4v) is 3.55. The zero-order valence-electron chi connectivity index (χ0n) is 11.9. The quantitative estimate of drug-likeness (QED) is 0.784. The van der Waals surface area contributed by atoms with E-state index in [0.29, 0.717) is 25.7 Å². The molecule has 1 fully saturated rings. The molecule has 1 aromatic carbocycles. The molecule has 0 spiro atoms. The Balaban J connectivity index is 2.01. The van der Waals surface area contributed by atoms with E-state index in [9.17, 15) is 18.0 Å². The second kappa shape index (κ2) is 5.93. The summed E-state index contributed by atoms with van der Waals surface area (Å²) in [6.07, 6.45) is 2.89. The summed E-state index contributed by atoms with van der Waals surface area (Å²) >= 11 is 0. The van der Waals surface area contributed by atoms with Gasteiger partial charge in [-0.2, -0.15) is 0 Å². The molecular formula is C16H18O4S. The molecule has 5 heteroatoms. The van der Waals surface area contributed by atoms with Crippen molar-refractivity contribution in [3.63, 3.8) is 0 Å². The molecule has 2 rings (SSSR count). The van der Waals surface area contributed by atoms with Gasteiger partial charge in [0.15, 0.2) is 9.84 Å². The van der Waals surface area contributed by atoms with Crippen LogP contribution in [0.4, 0.5) is 0 Å². The second-order valence-electron chi connectivity index (χ2n) is 5.45. The molecule has 0 saturated heterocycles. The van der Waals surface area contributed by atoms with Gasteiger partial charge < -0.3 is 0 Å². The molecule has 0 heterocycles. The van der Waals surface area contributed by atoms with Gasteiger partial charge in [0.2, 0.25) is 0 Å². The molecule has 0 amide bonds. The largest absolute Gasteiger partial charge is 0.299 e. The number of rotatable bonds is 5. The van der Waals surface area contributed by atoms with E-state index in [1.54, 1.807) is 25.1 Å². The van der Waals surface area contributed by atoms with Crippen molar-refractivity contribution in [1.29, 1.82) is 0 Å². The van der Waals surface area contributed by atoms with Crippen molar-refractivity contribution in [2.45, 2.75) is 37.5 Å². The molecule has 1 aliphatic rings. The molecule has 0 aliphatic heterocycles. The Hall–Kier alpha value is -1.75. The predicted molar refractivity (Wildman–Crippen MR) is 79.4 cm³/mol. The van der Waals surface area contributed by atoms with Crippen LogP contribution in [-0.4, -0.2) is 20.0 Å². The highest BCUT2D eigenvalue weighted by Gasteiger charge is 2.44. The van der Waals surface area contributed by atoms with Gasteiger partial charge in [-0.1, -0.05) is 24.3 Å². The first-order valence-electron chi connectivity index (χ1n) is 6.89. The van der Waals surface area contributed by atoms with E-state index in [0.717, 1.165) is 5.41 Å². The predicted octanol–water partition coefficient (Wildman–Crippen LogP) is 2.69. The molecule has 0 bridgehead atoms. The number of Topliss-reactive ketones (excluding diaryl/α,β-unsaturated/α-hetero) is 2. The molecule has 0 aromatic heterocycles. The zero-order chi connectivity index (χ0) is 15.5. The minimum absolute atomic E-state index is 0.0354. The normalized spacial score (nSPS) is 18.5. The molecule has 1 aromatic rings. The van der Waals surface area contributed by atoms with Crippen molar-refractivity contribution >= 4 is 21.4 Å². The summed E-state index contributed by atoms with van der Waals surface area (Å²) in [5, 5.41) is 1.15. The van der Waals surface area contributed by atoms with Gasteiger partial charge in [-0.15, -0.1) is 0 Å². The van der Waals surface area contributed by atoms with Gasteiger partial charge >= 0.3 is 0 Å². The van der Waals surface area contributed by atoms with Crippen molar-refractivity contribution in [2.75, 3.05) is 0 Å².